The van der Waals surface area contributed by atoms with E-state index in [1.54, 1.807) is 6.92 Å². The van der Waals surface area contributed by atoms with Crippen LogP contribution >= 0.6 is 0 Å². The molecule has 0 fully saturated rings. The molecule has 0 aliphatic heterocycles. The summed E-state index contributed by atoms with van der Waals surface area (Å²) in [6, 6.07) is 7.71. The predicted molar refractivity (Wildman–Crippen MR) is 91.2 cm³/mol. The molecule has 4 heteroatoms. The Morgan fingerprint density at radius 2 is 1.91 bits per heavy atom. The van der Waals surface area contributed by atoms with Gasteiger partial charge in [-0.15, -0.1) is 0 Å². The SMILES string of the molecule is CC(C)c1ccc(NC(=O)[C@@H](C)OC(=O)C[C@@H]2C=CCC2)cc1. The van der Waals surface area contributed by atoms with E-state index in [2.05, 4.69) is 25.2 Å². The zero-order valence-corrected chi connectivity index (χ0v) is 14.0. The van der Waals surface area contributed by atoms with Crippen LogP contribution in [0.15, 0.2) is 36.4 Å². The lowest BCUT2D eigenvalue weighted by Crippen LogP contribution is -2.30. The van der Waals surface area contributed by atoms with Gasteiger partial charge in [-0.2, -0.15) is 0 Å². The van der Waals surface area contributed by atoms with Gasteiger partial charge in [0.2, 0.25) is 0 Å². The fraction of sp³-hybridized carbons (Fsp3) is 0.474. The molecular weight excluding hydrogens is 290 g/mol. The lowest BCUT2D eigenvalue weighted by atomic mass is 10.0. The largest absolute Gasteiger partial charge is 0.453 e. The average molecular weight is 315 g/mol. The van der Waals surface area contributed by atoms with Gasteiger partial charge in [0, 0.05) is 5.69 Å². The molecule has 0 saturated heterocycles. The second-order valence-corrected chi connectivity index (χ2v) is 6.37. The maximum absolute atomic E-state index is 12.1. The third kappa shape index (κ3) is 5.23. The molecule has 0 aromatic heterocycles. The molecule has 0 radical (unpaired) electrons. The number of hydrogen-bond acceptors (Lipinski definition) is 3. The molecular formula is C19H25NO3. The topological polar surface area (TPSA) is 55.4 Å². The lowest BCUT2D eigenvalue weighted by Gasteiger charge is -2.15. The van der Waals surface area contributed by atoms with Crippen LogP contribution in [-0.2, 0) is 14.3 Å². The van der Waals surface area contributed by atoms with Crippen molar-refractivity contribution in [3.8, 4) is 0 Å². The molecule has 1 aliphatic rings. The summed E-state index contributed by atoms with van der Waals surface area (Å²) in [7, 11) is 0. The van der Waals surface area contributed by atoms with Crippen LogP contribution in [0.2, 0.25) is 0 Å². The van der Waals surface area contributed by atoms with Crippen LogP contribution in [0.5, 0.6) is 0 Å². The maximum Gasteiger partial charge on any atom is 0.307 e. The Bertz CT molecular complexity index is 575. The number of esters is 1. The Hall–Kier alpha value is -2.10. The van der Waals surface area contributed by atoms with Crippen molar-refractivity contribution < 1.29 is 14.3 Å². The quantitative estimate of drug-likeness (QED) is 0.637. The molecule has 0 heterocycles. The Balaban J connectivity index is 1.81. The maximum atomic E-state index is 12.1. The number of nitrogens with one attached hydrogen (secondary N) is 1. The molecule has 23 heavy (non-hydrogen) atoms. The molecule has 4 nitrogen and oxygen atoms in total. The fourth-order valence-corrected chi connectivity index (χ4v) is 2.57. The Kier molecular flexibility index (Phi) is 5.97. The van der Waals surface area contributed by atoms with Crippen molar-refractivity contribution >= 4 is 17.6 Å². The van der Waals surface area contributed by atoms with Gasteiger partial charge in [-0.05, 0) is 49.3 Å². The highest BCUT2D eigenvalue weighted by Gasteiger charge is 2.21. The van der Waals surface area contributed by atoms with Gasteiger partial charge in [0.1, 0.15) is 0 Å². The number of rotatable bonds is 6. The minimum Gasteiger partial charge on any atom is -0.453 e. The molecule has 1 N–H and O–H groups in total. The first-order valence-corrected chi connectivity index (χ1v) is 8.22. The van der Waals surface area contributed by atoms with E-state index in [4.69, 9.17) is 4.74 Å². The highest BCUT2D eigenvalue weighted by atomic mass is 16.5. The van der Waals surface area contributed by atoms with Crippen LogP contribution in [0.3, 0.4) is 0 Å². The Morgan fingerprint density at radius 3 is 2.48 bits per heavy atom. The predicted octanol–water partition coefficient (Wildman–Crippen LogP) is 4.04. The molecule has 2 rings (SSSR count). The average Bonchev–Trinajstić information content (AvgIpc) is 3.00. The Morgan fingerprint density at radius 1 is 1.22 bits per heavy atom. The summed E-state index contributed by atoms with van der Waals surface area (Å²) in [5.41, 5.74) is 1.92. The highest BCUT2D eigenvalue weighted by molar-refractivity contribution is 5.95. The molecule has 124 valence electrons. The molecule has 1 aromatic rings. The van der Waals surface area contributed by atoms with Gasteiger partial charge in [0.25, 0.3) is 5.91 Å². The molecule has 0 unspecified atom stereocenters. The fourth-order valence-electron chi connectivity index (χ4n) is 2.57. The highest BCUT2D eigenvalue weighted by Crippen LogP contribution is 2.21. The number of carbonyl (C=O) groups excluding carboxylic acids is 2. The molecule has 1 aromatic carbocycles. The minimum atomic E-state index is -0.794. The summed E-state index contributed by atoms with van der Waals surface area (Å²) >= 11 is 0. The summed E-state index contributed by atoms with van der Waals surface area (Å²) in [5, 5.41) is 2.78. The van der Waals surface area contributed by atoms with Gasteiger partial charge in [0.15, 0.2) is 6.10 Å². The molecule has 1 aliphatic carbocycles. The molecule has 0 spiro atoms. The third-order valence-corrected chi connectivity index (χ3v) is 4.06. The van der Waals surface area contributed by atoms with E-state index in [0.29, 0.717) is 18.0 Å². The first-order valence-electron chi connectivity index (χ1n) is 8.22. The Labute approximate surface area is 137 Å². The third-order valence-electron chi connectivity index (χ3n) is 4.06. The van der Waals surface area contributed by atoms with Crippen molar-refractivity contribution in [2.75, 3.05) is 5.32 Å². The van der Waals surface area contributed by atoms with Crippen LogP contribution < -0.4 is 5.32 Å². The van der Waals surface area contributed by atoms with Crippen LogP contribution in [0.25, 0.3) is 0 Å². The van der Waals surface area contributed by atoms with Crippen molar-refractivity contribution in [2.24, 2.45) is 5.92 Å². The smallest absolute Gasteiger partial charge is 0.307 e. The normalized spacial score (nSPS) is 18.0. The molecule has 0 bridgehead atoms. The van der Waals surface area contributed by atoms with Crippen molar-refractivity contribution in [3.63, 3.8) is 0 Å². The van der Waals surface area contributed by atoms with Gasteiger partial charge in [-0.1, -0.05) is 38.1 Å². The van der Waals surface area contributed by atoms with E-state index < -0.39 is 6.10 Å². The van der Waals surface area contributed by atoms with E-state index in [9.17, 15) is 9.59 Å². The van der Waals surface area contributed by atoms with Gasteiger partial charge < -0.3 is 10.1 Å². The van der Waals surface area contributed by atoms with E-state index in [0.717, 1.165) is 12.8 Å². The summed E-state index contributed by atoms with van der Waals surface area (Å²) < 4.78 is 5.22. The van der Waals surface area contributed by atoms with Crippen molar-refractivity contribution in [1.29, 1.82) is 0 Å². The van der Waals surface area contributed by atoms with Crippen molar-refractivity contribution in [3.05, 3.63) is 42.0 Å². The summed E-state index contributed by atoms with van der Waals surface area (Å²) in [6.07, 6.45) is 5.67. The number of carbonyl (C=O) groups is 2. The first-order chi connectivity index (χ1) is 11.0. The van der Waals surface area contributed by atoms with Gasteiger partial charge >= 0.3 is 5.97 Å². The van der Waals surface area contributed by atoms with Crippen LogP contribution in [-0.4, -0.2) is 18.0 Å². The summed E-state index contributed by atoms with van der Waals surface area (Å²) in [5.74, 6) is 0.0718. The van der Waals surface area contributed by atoms with Gasteiger partial charge in [0.05, 0.1) is 6.42 Å². The minimum absolute atomic E-state index is 0.251. The summed E-state index contributed by atoms with van der Waals surface area (Å²) in [4.78, 5) is 24.0. The second kappa shape index (κ2) is 7.95. The second-order valence-electron chi connectivity index (χ2n) is 6.37. The first kappa shape index (κ1) is 17.3. The summed E-state index contributed by atoms with van der Waals surface area (Å²) in [6.45, 7) is 5.84. The van der Waals surface area contributed by atoms with Crippen molar-refractivity contribution in [2.45, 2.75) is 52.1 Å². The zero-order valence-electron chi connectivity index (χ0n) is 14.0. The lowest BCUT2D eigenvalue weighted by molar-refractivity contribution is -0.153. The number of benzene rings is 1. The van der Waals surface area contributed by atoms with Gasteiger partial charge in [-0.3, -0.25) is 9.59 Å². The van der Waals surface area contributed by atoms with Crippen LogP contribution in [0.1, 0.15) is 51.5 Å². The molecule has 0 saturated carbocycles. The standard InChI is InChI=1S/C19H25NO3/c1-13(2)16-8-10-17(11-9-16)20-19(22)14(3)23-18(21)12-15-6-4-5-7-15/h4,6,8-11,13-15H,5,7,12H2,1-3H3,(H,20,22)/t14-,15-/m1/s1. The number of amides is 1. The van der Waals surface area contributed by atoms with E-state index in [1.807, 2.05) is 30.3 Å². The zero-order chi connectivity index (χ0) is 16.8. The number of ether oxygens (including phenoxy) is 1. The monoisotopic (exact) mass is 315 g/mol. The number of hydrogen-bond donors (Lipinski definition) is 1. The van der Waals surface area contributed by atoms with E-state index >= 15 is 0 Å². The number of allylic oxidation sites excluding steroid dienone is 2. The van der Waals surface area contributed by atoms with E-state index in [-0.39, 0.29) is 17.8 Å². The molecule has 1 amide bonds. The number of anilines is 1. The molecule has 2 atom stereocenters. The van der Waals surface area contributed by atoms with Crippen LogP contribution in [0.4, 0.5) is 5.69 Å². The van der Waals surface area contributed by atoms with Crippen molar-refractivity contribution in [1.82, 2.24) is 0 Å². The van der Waals surface area contributed by atoms with E-state index in [1.165, 1.54) is 5.56 Å². The van der Waals surface area contributed by atoms with Gasteiger partial charge in [-0.25, -0.2) is 0 Å². The van der Waals surface area contributed by atoms with Crippen LogP contribution in [0, 0.1) is 5.92 Å².